The molecule has 4 nitrogen and oxygen atoms in total. The molecule has 1 N–H and O–H groups in total. The highest BCUT2D eigenvalue weighted by Crippen LogP contribution is 2.45. The lowest BCUT2D eigenvalue weighted by molar-refractivity contribution is -0.134. The number of rotatable bonds is 2. The van der Waals surface area contributed by atoms with Gasteiger partial charge in [-0.05, 0) is 25.7 Å². The first-order chi connectivity index (χ1) is 7.18. The minimum absolute atomic E-state index is 0.0107. The van der Waals surface area contributed by atoms with Gasteiger partial charge in [-0.15, -0.1) is 0 Å². The number of carbonyl (C=O) groups is 2. The van der Waals surface area contributed by atoms with Gasteiger partial charge in [0.1, 0.15) is 5.41 Å². The van der Waals surface area contributed by atoms with Crippen LogP contribution in [0.25, 0.3) is 0 Å². The van der Waals surface area contributed by atoms with E-state index in [1.54, 1.807) is 0 Å². The summed E-state index contributed by atoms with van der Waals surface area (Å²) >= 11 is 0. The molecule has 2 rings (SSSR count). The van der Waals surface area contributed by atoms with E-state index in [1.165, 1.54) is 0 Å². The topological polar surface area (TPSA) is 70.0 Å². The van der Waals surface area contributed by atoms with Gasteiger partial charge in [0.15, 0.2) is 0 Å². The molecule has 0 unspecified atom stereocenters. The second-order valence-electron chi connectivity index (χ2n) is 4.49. The summed E-state index contributed by atoms with van der Waals surface area (Å²) in [4.78, 5) is 23.2. The third-order valence-corrected chi connectivity index (χ3v) is 3.36. The molecule has 0 aromatic carbocycles. The average molecular weight is 206 g/mol. The van der Waals surface area contributed by atoms with Crippen molar-refractivity contribution in [3.05, 3.63) is 0 Å². The first-order valence-corrected chi connectivity index (χ1v) is 5.44. The summed E-state index contributed by atoms with van der Waals surface area (Å²) in [6.45, 7) is 0. The lowest BCUT2D eigenvalue weighted by atomic mass is 10.1. The highest BCUT2D eigenvalue weighted by molar-refractivity contribution is 6.01. The van der Waals surface area contributed by atoms with E-state index < -0.39 is 5.41 Å². The number of nitriles is 1. The first-order valence-electron chi connectivity index (χ1n) is 5.44. The van der Waals surface area contributed by atoms with Crippen LogP contribution in [0.15, 0.2) is 0 Å². The Bertz CT molecular complexity index is 333. The number of carbonyl (C=O) groups excluding carboxylic acids is 2. The van der Waals surface area contributed by atoms with E-state index in [1.807, 2.05) is 6.07 Å². The molecule has 2 amide bonds. The summed E-state index contributed by atoms with van der Waals surface area (Å²) in [5.41, 5.74) is -0.881. The van der Waals surface area contributed by atoms with Gasteiger partial charge in [-0.25, -0.2) is 0 Å². The molecule has 0 aromatic heterocycles. The Kier molecular flexibility index (Phi) is 2.47. The molecule has 80 valence electrons. The van der Waals surface area contributed by atoms with E-state index in [4.69, 9.17) is 5.26 Å². The van der Waals surface area contributed by atoms with Crippen LogP contribution >= 0.6 is 0 Å². The SMILES string of the molecule is N#CC1(C(=O)NC(=O)C2CCCC2)CC1. The minimum atomic E-state index is -0.881. The van der Waals surface area contributed by atoms with Crippen molar-refractivity contribution >= 4 is 11.8 Å². The van der Waals surface area contributed by atoms with Crippen LogP contribution in [0.3, 0.4) is 0 Å². The smallest absolute Gasteiger partial charge is 0.247 e. The van der Waals surface area contributed by atoms with Crippen LogP contribution < -0.4 is 5.32 Å². The number of imide groups is 1. The molecule has 4 heteroatoms. The monoisotopic (exact) mass is 206 g/mol. The van der Waals surface area contributed by atoms with Crippen molar-refractivity contribution in [2.75, 3.05) is 0 Å². The Hall–Kier alpha value is -1.37. The first kappa shape index (κ1) is 10.2. The predicted molar refractivity (Wildman–Crippen MR) is 52.4 cm³/mol. The quantitative estimate of drug-likeness (QED) is 0.688. The molecular formula is C11H14N2O2. The van der Waals surface area contributed by atoms with Gasteiger partial charge < -0.3 is 0 Å². The van der Waals surface area contributed by atoms with Crippen molar-refractivity contribution < 1.29 is 9.59 Å². The Morgan fingerprint density at radius 2 is 1.87 bits per heavy atom. The van der Waals surface area contributed by atoms with Gasteiger partial charge >= 0.3 is 0 Å². The largest absolute Gasteiger partial charge is 0.295 e. The zero-order valence-corrected chi connectivity index (χ0v) is 8.58. The highest BCUT2D eigenvalue weighted by atomic mass is 16.2. The Morgan fingerprint density at radius 3 is 2.33 bits per heavy atom. The molecule has 15 heavy (non-hydrogen) atoms. The average Bonchev–Trinajstić information content (AvgIpc) is 2.84. The van der Waals surface area contributed by atoms with Crippen molar-refractivity contribution in [1.29, 1.82) is 5.26 Å². The fourth-order valence-electron chi connectivity index (χ4n) is 2.04. The predicted octanol–water partition coefficient (Wildman–Crippen LogP) is 1.12. The number of hydrogen-bond acceptors (Lipinski definition) is 3. The van der Waals surface area contributed by atoms with E-state index in [2.05, 4.69) is 5.32 Å². The maximum Gasteiger partial charge on any atom is 0.247 e. The van der Waals surface area contributed by atoms with Crippen LogP contribution in [0.4, 0.5) is 0 Å². The van der Waals surface area contributed by atoms with E-state index in [-0.39, 0.29) is 17.7 Å². The fourth-order valence-corrected chi connectivity index (χ4v) is 2.04. The van der Waals surface area contributed by atoms with Gasteiger partial charge in [-0.2, -0.15) is 5.26 Å². The summed E-state index contributed by atoms with van der Waals surface area (Å²) in [5.74, 6) is -0.579. The van der Waals surface area contributed by atoms with Gasteiger partial charge in [0, 0.05) is 5.92 Å². The fraction of sp³-hybridized carbons (Fsp3) is 0.727. The zero-order valence-electron chi connectivity index (χ0n) is 8.58. The maximum absolute atomic E-state index is 11.6. The second-order valence-corrected chi connectivity index (χ2v) is 4.49. The third kappa shape index (κ3) is 1.87. The summed E-state index contributed by atoms with van der Waals surface area (Å²) in [7, 11) is 0. The van der Waals surface area contributed by atoms with Crippen LogP contribution in [0.1, 0.15) is 38.5 Å². The van der Waals surface area contributed by atoms with Gasteiger partial charge in [0.2, 0.25) is 11.8 Å². The summed E-state index contributed by atoms with van der Waals surface area (Å²) in [6.07, 6.45) is 5.06. The molecule has 2 saturated carbocycles. The summed E-state index contributed by atoms with van der Waals surface area (Å²) in [6, 6.07) is 1.98. The molecule has 0 aromatic rings. The second kappa shape index (κ2) is 3.65. The number of nitrogens with one attached hydrogen (secondary N) is 1. The van der Waals surface area contributed by atoms with Crippen LogP contribution in [0.2, 0.25) is 0 Å². The van der Waals surface area contributed by atoms with E-state index in [0.717, 1.165) is 25.7 Å². The van der Waals surface area contributed by atoms with Crippen molar-refractivity contribution in [3.8, 4) is 6.07 Å². The van der Waals surface area contributed by atoms with Crippen LogP contribution in [-0.2, 0) is 9.59 Å². The molecule has 0 atom stereocenters. The van der Waals surface area contributed by atoms with E-state index in [0.29, 0.717) is 12.8 Å². The highest BCUT2D eigenvalue weighted by Gasteiger charge is 2.51. The standard InChI is InChI=1S/C11H14N2O2/c12-7-11(5-6-11)10(15)13-9(14)8-3-1-2-4-8/h8H,1-6H2,(H,13,14,15). The minimum Gasteiger partial charge on any atom is -0.295 e. The van der Waals surface area contributed by atoms with Crippen molar-refractivity contribution in [1.82, 2.24) is 5.32 Å². The lowest BCUT2D eigenvalue weighted by Crippen LogP contribution is -2.39. The van der Waals surface area contributed by atoms with Gasteiger partial charge in [-0.1, -0.05) is 12.8 Å². The normalized spacial score (nSPS) is 23.1. The van der Waals surface area contributed by atoms with Crippen LogP contribution in [-0.4, -0.2) is 11.8 Å². The van der Waals surface area contributed by atoms with Gasteiger partial charge in [-0.3, -0.25) is 14.9 Å². The van der Waals surface area contributed by atoms with Gasteiger partial charge in [0.25, 0.3) is 0 Å². The van der Waals surface area contributed by atoms with E-state index >= 15 is 0 Å². The zero-order chi connectivity index (χ0) is 10.9. The molecule has 0 bridgehead atoms. The van der Waals surface area contributed by atoms with Crippen LogP contribution in [0.5, 0.6) is 0 Å². The molecule has 2 fully saturated rings. The maximum atomic E-state index is 11.6. The lowest BCUT2D eigenvalue weighted by Gasteiger charge is -2.10. The van der Waals surface area contributed by atoms with Gasteiger partial charge in [0.05, 0.1) is 6.07 Å². The number of nitrogens with zero attached hydrogens (tertiary/aromatic N) is 1. The molecule has 0 spiro atoms. The van der Waals surface area contributed by atoms with Crippen molar-refractivity contribution in [3.63, 3.8) is 0 Å². The molecule has 0 saturated heterocycles. The molecule has 2 aliphatic rings. The third-order valence-electron chi connectivity index (χ3n) is 3.36. The molecular weight excluding hydrogens is 192 g/mol. The molecule has 0 heterocycles. The number of amides is 2. The van der Waals surface area contributed by atoms with Crippen molar-refractivity contribution in [2.45, 2.75) is 38.5 Å². The summed E-state index contributed by atoms with van der Waals surface area (Å²) in [5, 5.41) is 11.2. The van der Waals surface area contributed by atoms with E-state index in [9.17, 15) is 9.59 Å². The molecule has 0 aliphatic heterocycles. The van der Waals surface area contributed by atoms with Crippen LogP contribution in [0, 0.1) is 22.7 Å². The molecule has 2 aliphatic carbocycles. The Labute approximate surface area is 88.6 Å². The van der Waals surface area contributed by atoms with Crippen molar-refractivity contribution in [2.24, 2.45) is 11.3 Å². The Balaban J connectivity index is 1.89. The number of hydrogen-bond donors (Lipinski definition) is 1. The molecule has 0 radical (unpaired) electrons. The Morgan fingerprint density at radius 1 is 1.27 bits per heavy atom. The summed E-state index contributed by atoms with van der Waals surface area (Å²) < 4.78 is 0.